The third kappa shape index (κ3) is 5.23. The first-order valence-corrected chi connectivity index (χ1v) is 14.1. The maximum atomic E-state index is 13.9. The van der Waals surface area contributed by atoms with Crippen LogP contribution in [0.15, 0.2) is 72.8 Å². The van der Waals surface area contributed by atoms with Crippen molar-refractivity contribution in [1.29, 1.82) is 0 Å². The lowest BCUT2D eigenvalue weighted by Gasteiger charge is -2.42. The van der Waals surface area contributed by atoms with Gasteiger partial charge in [0.25, 0.3) is 5.91 Å². The van der Waals surface area contributed by atoms with Gasteiger partial charge < -0.3 is 10.2 Å². The van der Waals surface area contributed by atoms with Crippen molar-refractivity contribution in [3.63, 3.8) is 0 Å². The van der Waals surface area contributed by atoms with Crippen molar-refractivity contribution in [3.8, 4) is 0 Å². The lowest BCUT2D eigenvalue weighted by molar-refractivity contribution is -0.122. The third-order valence-corrected chi connectivity index (χ3v) is 8.55. The molecule has 7 heteroatoms. The normalized spacial score (nSPS) is 18.9. The predicted molar refractivity (Wildman–Crippen MR) is 155 cm³/mol. The summed E-state index contributed by atoms with van der Waals surface area (Å²) >= 11 is 5.88. The lowest BCUT2D eigenvalue weighted by Crippen LogP contribution is -2.51. The van der Waals surface area contributed by atoms with Gasteiger partial charge >= 0.3 is 0 Å². The summed E-state index contributed by atoms with van der Waals surface area (Å²) < 4.78 is 13.5. The Labute approximate surface area is 232 Å². The van der Waals surface area contributed by atoms with Crippen LogP contribution in [0, 0.1) is 11.7 Å². The summed E-state index contributed by atoms with van der Waals surface area (Å²) in [6, 6.07) is 23.0. The van der Waals surface area contributed by atoms with Gasteiger partial charge in [0.1, 0.15) is 5.82 Å². The SMILES string of the molecule is O=C(Nc1ccc(F)c(Cl)c1)C1CCCN(C2CCN(C(=O)c3c4ccccc4cc4ccccc34)CC2)C1. The zero-order valence-corrected chi connectivity index (χ0v) is 22.5. The van der Waals surface area contributed by atoms with Crippen molar-refractivity contribution in [2.75, 3.05) is 31.5 Å². The van der Waals surface area contributed by atoms with Crippen molar-refractivity contribution in [2.45, 2.75) is 31.7 Å². The first-order chi connectivity index (χ1) is 19.0. The molecule has 0 spiro atoms. The molecule has 39 heavy (non-hydrogen) atoms. The fourth-order valence-corrected chi connectivity index (χ4v) is 6.39. The highest BCUT2D eigenvalue weighted by atomic mass is 35.5. The zero-order valence-electron chi connectivity index (χ0n) is 21.7. The number of rotatable bonds is 4. The van der Waals surface area contributed by atoms with Gasteiger partial charge in [-0.25, -0.2) is 4.39 Å². The average molecular weight is 544 g/mol. The summed E-state index contributed by atoms with van der Waals surface area (Å²) in [5.41, 5.74) is 1.30. The minimum Gasteiger partial charge on any atom is -0.338 e. The molecule has 5 nitrogen and oxygen atoms in total. The number of halogens is 2. The van der Waals surface area contributed by atoms with Gasteiger partial charge in [-0.3, -0.25) is 14.5 Å². The second-order valence-electron chi connectivity index (χ2n) is 10.7. The molecule has 2 aliphatic rings. The molecule has 4 aromatic rings. The molecule has 2 heterocycles. The van der Waals surface area contributed by atoms with Crippen molar-refractivity contribution in [2.24, 2.45) is 5.92 Å². The highest BCUT2D eigenvalue weighted by Gasteiger charge is 2.33. The van der Waals surface area contributed by atoms with Crippen molar-refractivity contribution >= 4 is 50.6 Å². The second kappa shape index (κ2) is 10.9. The maximum Gasteiger partial charge on any atom is 0.255 e. The molecule has 6 rings (SSSR count). The van der Waals surface area contributed by atoms with Crippen LogP contribution in [0.2, 0.25) is 5.02 Å². The topological polar surface area (TPSA) is 52.7 Å². The van der Waals surface area contributed by atoms with Gasteiger partial charge in [0.05, 0.1) is 16.5 Å². The Bertz CT molecular complexity index is 1500. The molecule has 2 saturated heterocycles. The number of nitrogens with zero attached hydrogens (tertiary/aromatic N) is 2. The number of amides is 2. The zero-order chi connectivity index (χ0) is 26.9. The molecular weight excluding hydrogens is 513 g/mol. The molecule has 2 aliphatic heterocycles. The van der Waals surface area contributed by atoms with E-state index in [9.17, 15) is 14.0 Å². The van der Waals surface area contributed by atoms with Gasteiger partial charge in [-0.1, -0.05) is 60.1 Å². The van der Waals surface area contributed by atoms with E-state index in [2.05, 4.69) is 28.4 Å². The maximum absolute atomic E-state index is 13.9. The Balaban J connectivity index is 1.12. The van der Waals surface area contributed by atoms with Crippen LogP contribution in [0.25, 0.3) is 21.5 Å². The van der Waals surface area contributed by atoms with Gasteiger partial charge in [0.2, 0.25) is 5.91 Å². The van der Waals surface area contributed by atoms with Gasteiger partial charge in [-0.15, -0.1) is 0 Å². The molecule has 0 aromatic heterocycles. The molecule has 0 radical (unpaired) electrons. The quantitative estimate of drug-likeness (QED) is 0.290. The van der Waals surface area contributed by atoms with Crippen molar-refractivity contribution < 1.29 is 14.0 Å². The van der Waals surface area contributed by atoms with Crippen LogP contribution in [0.1, 0.15) is 36.0 Å². The van der Waals surface area contributed by atoms with E-state index in [-0.39, 0.29) is 22.8 Å². The summed E-state index contributed by atoms with van der Waals surface area (Å²) in [4.78, 5) is 31.3. The van der Waals surface area contributed by atoms with Crippen LogP contribution < -0.4 is 5.32 Å². The Morgan fingerprint density at radius 3 is 2.18 bits per heavy atom. The summed E-state index contributed by atoms with van der Waals surface area (Å²) in [7, 11) is 0. The fraction of sp³-hybridized carbons (Fsp3) is 0.312. The number of hydrogen-bond donors (Lipinski definition) is 1. The number of carbonyl (C=O) groups is 2. The molecule has 4 aromatic carbocycles. The van der Waals surface area contributed by atoms with Crippen LogP contribution in [0.4, 0.5) is 10.1 Å². The van der Waals surface area contributed by atoms with E-state index in [0.29, 0.717) is 31.4 Å². The molecule has 0 saturated carbocycles. The number of likely N-dealkylation sites (tertiary alicyclic amines) is 2. The number of anilines is 1. The highest BCUT2D eigenvalue weighted by molar-refractivity contribution is 6.31. The van der Waals surface area contributed by atoms with Gasteiger partial charge in [0.15, 0.2) is 0 Å². The summed E-state index contributed by atoms with van der Waals surface area (Å²) in [5, 5.41) is 7.05. The number of carbonyl (C=O) groups excluding carboxylic acids is 2. The van der Waals surface area contributed by atoms with E-state index in [1.165, 1.54) is 18.2 Å². The molecule has 2 fully saturated rings. The van der Waals surface area contributed by atoms with Crippen LogP contribution in [-0.2, 0) is 4.79 Å². The fourth-order valence-electron chi connectivity index (χ4n) is 6.21. The van der Waals surface area contributed by atoms with Gasteiger partial charge in [-0.05, 0) is 78.0 Å². The monoisotopic (exact) mass is 543 g/mol. The third-order valence-electron chi connectivity index (χ3n) is 8.26. The average Bonchev–Trinajstić information content (AvgIpc) is 2.97. The summed E-state index contributed by atoms with van der Waals surface area (Å²) in [5.74, 6) is -0.602. The summed E-state index contributed by atoms with van der Waals surface area (Å²) in [6.45, 7) is 3.04. The van der Waals surface area contributed by atoms with E-state index in [0.717, 1.165) is 59.3 Å². The molecular formula is C32H31ClFN3O2. The molecule has 200 valence electrons. The first kappa shape index (κ1) is 25.8. The molecule has 0 aliphatic carbocycles. The Morgan fingerprint density at radius 1 is 0.846 bits per heavy atom. The Hall–Kier alpha value is -3.48. The van der Waals surface area contributed by atoms with E-state index in [4.69, 9.17) is 11.6 Å². The number of fused-ring (bicyclic) bond motifs is 2. The smallest absolute Gasteiger partial charge is 0.255 e. The Kier molecular flexibility index (Phi) is 7.24. The first-order valence-electron chi connectivity index (χ1n) is 13.7. The molecule has 1 N–H and O–H groups in total. The van der Waals surface area contributed by atoms with Crippen LogP contribution >= 0.6 is 11.6 Å². The van der Waals surface area contributed by atoms with E-state index >= 15 is 0 Å². The molecule has 1 unspecified atom stereocenters. The lowest BCUT2D eigenvalue weighted by atomic mass is 9.92. The number of benzene rings is 4. The number of hydrogen-bond acceptors (Lipinski definition) is 3. The van der Waals surface area contributed by atoms with Crippen molar-refractivity contribution in [3.05, 3.63) is 89.2 Å². The van der Waals surface area contributed by atoms with Crippen LogP contribution in [-0.4, -0.2) is 53.8 Å². The number of piperidine rings is 2. The standard InChI is InChI=1S/C32H31ClFN3O2/c33-28-19-24(11-12-29(28)34)35-31(38)23-8-5-15-37(20-23)25-13-16-36(17-14-25)32(39)30-26-9-3-1-6-21(26)18-22-7-2-4-10-27(22)30/h1-4,6-7,9-12,18-19,23,25H,5,8,13-17,20H2,(H,35,38). The minimum atomic E-state index is -0.503. The van der Waals surface area contributed by atoms with E-state index in [1.807, 2.05) is 41.3 Å². The highest BCUT2D eigenvalue weighted by Crippen LogP contribution is 2.31. The van der Waals surface area contributed by atoms with Crippen LogP contribution in [0.5, 0.6) is 0 Å². The van der Waals surface area contributed by atoms with Crippen molar-refractivity contribution in [1.82, 2.24) is 9.80 Å². The second-order valence-corrected chi connectivity index (χ2v) is 11.1. The van der Waals surface area contributed by atoms with E-state index in [1.54, 1.807) is 0 Å². The van der Waals surface area contributed by atoms with Crippen LogP contribution in [0.3, 0.4) is 0 Å². The largest absolute Gasteiger partial charge is 0.338 e. The van der Waals surface area contributed by atoms with Gasteiger partial charge in [-0.2, -0.15) is 0 Å². The van der Waals surface area contributed by atoms with Gasteiger partial charge in [0, 0.05) is 31.4 Å². The molecule has 0 bridgehead atoms. The predicted octanol–water partition coefficient (Wildman–Crippen LogP) is 6.74. The van der Waals surface area contributed by atoms with E-state index < -0.39 is 5.82 Å². The molecule has 1 atom stereocenters. The number of nitrogens with one attached hydrogen (secondary N) is 1. The summed E-state index contributed by atoms with van der Waals surface area (Å²) in [6.07, 6.45) is 3.54. The minimum absolute atomic E-state index is 0.00382. The Morgan fingerprint density at radius 2 is 1.51 bits per heavy atom. The molecule has 2 amide bonds.